The quantitative estimate of drug-likeness (QED) is 0.476. The van der Waals surface area contributed by atoms with Crippen molar-refractivity contribution in [2.45, 2.75) is 0 Å². The molecule has 0 atom stereocenters. The van der Waals surface area contributed by atoms with Crippen LogP contribution >= 0.6 is 11.3 Å². The van der Waals surface area contributed by atoms with Gasteiger partial charge >= 0.3 is 0 Å². The molecule has 0 radical (unpaired) electrons. The first-order valence-corrected chi connectivity index (χ1v) is 11.5. The number of H-pyrrole nitrogens is 1. The summed E-state index contributed by atoms with van der Waals surface area (Å²) in [7, 11) is -1.85. The van der Waals surface area contributed by atoms with Gasteiger partial charge in [0.05, 0.1) is 11.9 Å². The molecule has 28 heavy (non-hydrogen) atoms. The van der Waals surface area contributed by atoms with Crippen LogP contribution in [0, 0.1) is 0 Å². The fourth-order valence-corrected chi connectivity index (χ4v) is 4.51. The molecule has 1 N–H and O–H groups in total. The van der Waals surface area contributed by atoms with Gasteiger partial charge in [-0.15, -0.1) is 11.3 Å². The molecule has 2 heterocycles. The molecule has 4 nitrogen and oxygen atoms in total. The largest absolute Gasteiger partial charge is 0.340 e. The van der Waals surface area contributed by atoms with Gasteiger partial charge in [0.1, 0.15) is 5.82 Å². The lowest BCUT2D eigenvalue weighted by atomic mass is 9.97. The Hall–Kier alpha value is -2.83. The van der Waals surface area contributed by atoms with Crippen molar-refractivity contribution in [1.29, 1.82) is 0 Å². The van der Waals surface area contributed by atoms with Gasteiger partial charge in [-0.1, -0.05) is 66.7 Å². The molecule has 0 aliphatic rings. The van der Waals surface area contributed by atoms with E-state index in [1.165, 1.54) is 10.6 Å². The molecule has 0 aliphatic carbocycles. The molecule has 6 heteroatoms. The number of sulfonamides is 1. The van der Waals surface area contributed by atoms with E-state index in [1.807, 2.05) is 66.0 Å². The van der Waals surface area contributed by atoms with Crippen molar-refractivity contribution in [2.75, 3.05) is 17.6 Å². The molecule has 0 fully saturated rings. The fourth-order valence-electron chi connectivity index (χ4n) is 3.26. The Labute approximate surface area is 169 Å². The average Bonchev–Trinajstić information content (AvgIpc) is 3.35. The Morgan fingerprint density at radius 2 is 1.43 bits per heavy atom. The normalized spacial score (nSPS) is 11.5. The van der Waals surface area contributed by atoms with Crippen LogP contribution in [0.15, 0.2) is 78.2 Å². The standard InChI is InChI=1S/C22H20N2O2S2/c1-24(28(2,25)26)22-20(18-14-9-15-27-18)19(16-10-5-3-6-11-16)21(23-22)17-12-7-4-8-13-17/h3-15,23H,1-2H3. The maximum Gasteiger partial charge on any atom is 0.233 e. The van der Waals surface area contributed by atoms with Gasteiger partial charge in [-0.3, -0.25) is 4.31 Å². The minimum Gasteiger partial charge on any atom is -0.340 e. The smallest absolute Gasteiger partial charge is 0.233 e. The van der Waals surface area contributed by atoms with Gasteiger partial charge < -0.3 is 4.98 Å². The van der Waals surface area contributed by atoms with Crippen molar-refractivity contribution in [3.63, 3.8) is 0 Å². The first kappa shape index (κ1) is 18.5. The molecule has 0 aliphatic heterocycles. The number of hydrogen-bond donors (Lipinski definition) is 1. The van der Waals surface area contributed by atoms with Crippen LogP contribution in [0.3, 0.4) is 0 Å². The summed E-state index contributed by atoms with van der Waals surface area (Å²) >= 11 is 1.59. The van der Waals surface area contributed by atoms with Crippen LogP contribution < -0.4 is 4.31 Å². The van der Waals surface area contributed by atoms with Crippen molar-refractivity contribution in [3.8, 4) is 32.8 Å². The number of hydrogen-bond acceptors (Lipinski definition) is 3. The zero-order valence-electron chi connectivity index (χ0n) is 15.6. The molecule has 0 saturated carbocycles. The summed E-state index contributed by atoms with van der Waals surface area (Å²) in [6, 6.07) is 24.1. The van der Waals surface area contributed by atoms with Crippen LogP contribution in [0.5, 0.6) is 0 Å². The number of rotatable bonds is 5. The third-order valence-electron chi connectivity index (χ3n) is 4.69. The molecular weight excluding hydrogens is 388 g/mol. The Balaban J connectivity index is 2.10. The third-order valence-corrected chi connectivity index (χ3v) is 6.75. The predicted octanol–water partition coefficient (Wildman–Crippen LogP) is 5.47. The van der Waals surface area contributed by atoms with E-state index in [-0.39, 0.29) is 0 Å². The number of aromatic nitrogens is 1. The van der Waals surface area contributed by atoms with Gasteiger partial charge in [0.15, 0.2) is 0 Å². The molecule has 142 valence electrons. The van der Waals surface area contributed by atoms with E-state index >= 15 is 0 Å². The molecule has 4 rings (SSSR count). The lowest BCUT2D eigenvalue weighted by Gasteiger charge is -2.17. The molecule has 2 aromatic carbocycles. The number of nitrogens with zero attached hydrogens (tertiary/aromatic N) is 1. The van der Waals surface area contributed by atoms with Gasteiger partial charge in [-0.2, -0.15) is 0 Å². The molecule has 4 aromatic rings. The summed E-state index contributed by atoms with van der Waals surface area (Å²) in [6.45, 7) is 0. The SMILES string of the molecule is CN(c1[nH]c(-c2ccccc2)c(-c2ccccc2)c1-c1cccs1)S(C)(=O)=O. The number of benzene rings is 2. The van der Waals surface area contributed by atoms with E-state index in [4.69, 9.17) is 0 Å². The minimum atomic E-state index is -3.43. The second-order valence-electron chi connectivity index (χ2n) is 6.54. The van der Waals surface area contributed by atoms with Crippen LogP contribution in [0.2, 0.25) is 0 Å². The molecule has 0 bridgehead atoms. The lowest BCUT2D eigenvalue weighted by Crippen LogP contribution is -2.25. The summed E-state index contributed by atoms with van der Waals surface area (Å²) in [5.41, 5.74) is 4.84. The Bertz CT molecular complexity index is 1180. The van der Waals surface area contributed by atoms with E-state index in [0.717, 1.165) is 32.8 Å². The van der Waals surface area contributed by atoms with Gasteiger partial charge in [-0.05, 0) is 22.6 Å². The van der Waals surface area contributed by atoms with Crippen molar-refractivity contribution < 1.29 is 8.42 Å². The maximum absolute atomic E-state index is 12.4. The number of anilines is 1. The van der Waals surface area contributed by atoms with Crippen LogP contribution in [-0.4, -0.2) is 26.7 Å². The Morgan fingerprint density at radius 1 is 0.821 bits per heavy atom. The van der Waals surface area contributed by atoms with E-state index in [0.29, 0.717) is 5.82 Å². The highest BCUT2D eigenvalue weighted by molar-refractivity contribution is 7.92. The van der Waals surface area contributed by atoms with Gasteiger partial charge in [0.25, 0.3) is 0 Å². The predicted molar refractivity (Wildman–Crippen MR) is 118 cm³/mol. The van der Waals surface area contributed by atoms with Gasteiger partial charge in [0, 0.05) is 23.1 Å². The van der Waals surface area contributed by atoms with E-state index in [2.05, 4.69) is 17.1 Å². The summed E-state index contributed by atoms with van der Waals surface area (Å²) in [5.74, 6) is 0.572. The van der Waals surface area contributed by atoms with Crippen LogP contribution in [0.25, 0.3) is 32.8 Å². The highest BCUT2D eigenvalue weighted by atomic mass is 32.2. The van der Waals surface area contributed by atoms with Crippen molar-refractivity contribution in [1.82, 2.24) is 4.98 Å². The molecular formula is C22H20N2O2S2. The lowest BCUT2D eigenvalue weighted by molar-refractivity contribution is 0.600. The molecule has 2 aromatic heterocycles. The Morgan fingerprint density at radius 3 is 1.96 bits per heavy atom. The summed E-state index contributed by atoms with van der Waals surface area (Å²) in [5, 5.41) is 2.00. The molecule has 0 amide bonds. The summed E-state index contributed by atoms with van der Waals surface area (Å²) < 4.78 is 26.0. The van der Waals surface area contributed by atoms with E-state index in [9.17, 15) is 8.42 Å². The molecule has 0 spiro atoms. The minimum absolute atomic E-state index is 0.572. The maximum atomic E-state index is 12.4. The van der Waals surface area contributed by atoms with Crippen LogP contribution in [0.1, 0.15) is 0 Å². The average molecular weight is 409 g/mol. The highest BCUT2D eigenvalue weighted by Gasteiger charge is 2.27. The Kier molecular flexibility index (Phi) is 4.83. The first-order chi connectivity index (χ1) is 13.5. The van der Waals surface area contributed by atoms with Crippen molar-refractivity contribution >= 4 is 27.2 Å². The van der Waals surface area contributed by atoms with E-state index in [1.54, 1.807) is 18.4 Å². The number of nitrogens with one attached hydrogen (secondary N) is 1. The van der Waals surface area contributed by atoms with Crippen molar-refractivity contribution in [2.24, 2.45) is 0 Å². The van der Waals surface area contributed by atoms with Gasteiger partial charge in [0.2, 0.25) is 10.0 Å². The highest BCUT2D eigenvalue weighted by Crippen LogP contribution is 2.47. The van der Waals surface area contributed by atoms with Gasteiger partial charge in [-0.25, -0.2) is 8.42 Å². The second-order valence-corrected chi connectivity index (χ2v) is 9.50. The fraction of sp³-hybridized carbons (Fsp3) is 0.0909. The van der Waals surface area contributed by atoms with Crippen LogP contribution in [-0.2, 0) is 10.0 Å². The second kappa shape index (κ2) is 7.30. The zero-order chi connectivity index (χ0) is 19.7. The first-order valence-electron chi connectivity index (χ1n) is 8.81. The number of thiophene rings is 1. The molecule has 0 saturated heterocycles. The number of aromatic amines is 1. The monoisotopic (exact) mass is 408 g/mol. The molecule has 0 unspecified atom stereocenters. The van der Waals surface area contributed by atoms with Crippen molar-refractivity contribution in [3.05, 3.63) is 78.2 Å². The van der Waals surface area contributed by atoms with Crippen LogP contribution in [0.4, 0.5) is 5.82 Å². The topological polar surface area (TPSA) is 53.2 Å². The van der Waals surface area contributed by atoms with E-state index < -0.39 is 10.0 Å². The zero-order valence-corrected chi connectivity index (χ0v) is 17.2. The summed E-state index contributed by atoms with van der Waals surface area (Å²) in [4.78, 5) is 4.43. The third kappa shape index (κ3) is 3.37. The summed E-state index contributed by atoms with van der Waals surface area (Å²) in [6.07, 6.45) is 1.22.